The van der Waals surface area contributed by atoms with Gasteiger partial charge in [0.2, 0.25) is 17.7 Å². The molecule has 31 heavy (non-hydrogen) atoms. The Hall–Kier alpha value is -3.44. The lowest BCUT2D eigenvalue weighted by atomic mass is 10.0. The highest BCUT2D eigenvalue weighted by atomic mass is 16.5. The number of hydrazine groups is 1. The van der Waals surface area contributed by atoms with Crippen molar-refractivity contribution in [3.05, 3.63) is 12.2 Å². The van der Waals surface area contributed by atoms with Crippen molar-refractivity contribution >= 4 is 35.5 Å². The van der Waals surface area contributed by atoms with Crippen molar-refractivity contribution in [2.24, 2.45) is 5.73 Å². The molecule has 0 unspecified atom stereocenters. The zero-order valence-corrected chi connectivity index (χ0v) is 18.1. The molecular formula is C19H29N5O7. The molecule has 1 rings (SSSR count). The molecule has 1 atom stereocenters. The summed E-state index contributed by atoms with van der Waals surface area (Å²) in [5.41, 5.74) is 6.18. The second-order valence-corrected chi connectivity index (χ2v) is 7.41. The lowest BCUT2D eigenvalue weighted by Crippen LogP contribution is -2.60. The molecule has 0 aromatic carbocycles. The van der Waals surface area contributed by atoms with Crippen LogP contribution < -0.4 is 16.5 Å². The first kappa shape index (κ1) is 25.6. The number of primary amides is 1. The van der Waals surface area contributed by atoms with Crippen LogP contribution in [0.5, 0.6) is 0 Å². The molecule has 4 N–H and O–H groups in total. The van der Waals surface area contributed by atoms with E-state index in [9.17, 15) is 28.8 Å². The number of esters is 1. The van der Waals surface area contributed by atoms with Gasteiger partial charge in [-0.25, -0.2) is 9.80 Å². The van der Waals surface area contributed by atoms with Gasteiger partial charge in [-0.1, -0.05) is 0 Å². The van der Waals surface area contributed by atoms with Crippen LogP contribution in [0, 0.1) is 0 Å². The maximum Gasteiger partial charge on any atom is 0.330 e. The summed E-state index contributed by atoms with van der Waals surface area (Å²) >= 11 is 0. The predicted octanol–water partition coefficient (Wildman–Crippen LogP) is -1.64. The Balaban J connectivity index is 2.95. The summed E-state index contributed by atoms with van der Waals surface area (Å²) in [4.78, 5) is 73.4. The van der Waals surface area contributed by atoms with Crippen LogP contribution in [0.3, 0.4) is 0 Å². The highest BCUT2D eigenvalue weighted by Gasteiger charge is 2.41. The smallest absolute Gasteiger partial charge is 0.330 e. The fourth-order valence-corrected chi connectivity index (χ4v) is 3.09. The number of ether oxygens (including phenoxy) is 1. The average Bonchev–Trinajstić information content (AvgIpc) is 3.13. The van der Waals surface area contributed by atoms with Crippen molar-refractivity contribution in [3.8, 4) is 0 Å². The van der Waals surface area contributed by atoms with Crippen LogP contribution in [0.2, 0.25) is 0 Å². The Morgan fingerprint density at radius 3 is 2.39 bits per heavy atom. The van der Waals surface area contributed by atoms with Gasteiger partial charge in [-0.15, -0.1) is 0 Å². The van der Waals surface area contributed by atoms with E-state index < -0.39 is 53.6 Å². The molecule has 0 aromatic heterocycles. The van der Waals surface area contributed by atoms with E-state index in [-0.39, 0.29) is 13.2 Å². The third-order valence-electron chi connectivity index (χ3n) is 4.31. The van der Waals surface area contributed by atoms with Crippen LogP contribution in [0.1, 0.15) is 40.5 Å². The quantitative estimate of drug-likeness (QED) is 0.231. The highest BCUT2D eigenvalue weighted by Crippen LogP contribution is 2.21. The van der Waals surface area contributed by atoms with E-state index in [4.69, 9.17) is 5.73 Å². The molecule has 0 radical (unpaired) electrons. The SMILES string of the molecule is CCOC(=O)/C=C/C(=O)N(CC(N)=O)NC(=O)[C@@H]1CCCN1C(=O)C(C)(C)NC(C)=O. The molecule has 1 fully saturated rings. The molecule has 172 valence electrons. The van der Waals surface area contributed by atoms with Gasteiger partial charge in [0.1, 0.15) is 18.1 Å². The summed E-state index contributed by atoms with van der Waals surface area (Å²) in [5, 5.41) is 3.19. The molecule has 0 bridgehead atoms. The molecule has 0 spiro atoms. The van der Waals surface area contributed by atoms with Crippen LogP contribution in [0.15, 0.2) is 12.2 Å². The number of hydrogen-bond acceptors (Lipinski definition) is 7. The molecular weight excluding hydrogens is 410 g/mol. The van der Waals surface area contributed by atoms with Gasteiger partial charge in [0, 0.05) is 25.6 Å². The minimum atomic E-state index is -1.24. The van der Waals surface area contributed by atoms with E-state index in [1.54, 1.807) is 6.92 Å². The van der Waals surface area contributed by atoms with Crippen LogP contribution in [0.4, 0.5) is 0 Å². The van der Waals surface area contributed by atoms with Crippen LogP contribution in [-0.2, 0) is 33.5 Å². The second-order valence-electron chi connectivity index (χ2n) is 7.41. The van der Waals surface area contributed by atoms with Gasteiger partial charge in [-0.2, -0.15) is 0 Å². The highest BCUT2D eigenvalue weighted by molar-refractivity contribution is 5.98. The van der Waals surface area contributed by atoms with E-state index in [0.29, 0.717) is 17.9 Å². The van der Waals surface area contributed by atoms with Gasteiger partial charge < -0.3 is 20.7 Å². The van der Waals surface area contributed by atoms with Crippen LogP contribution in [0.25, 0.3) is 0 Å². The zero-order valence-electron chi connectivity index (χ0n) is 18.1. The number of nitrogens with zero attached hydrogens (tertiary/aromatic N) is 2. The summed E-state index contributed by atoms with van der Waals surface area (Å²) in [7, 11) is 0. The van der Waals surface area contributed by atoms with Gasteiger partial charge in [0.05, 0.1) is 6.61 Å². The van der Waals surface area contributed by atoms with Crippen molar-refractivity contribution in [3.63, 3.8) is 0 Å². The van der Waals surface area contributed by atoms with Crippen LogP contribution >= 0.6 is 0 Å². The van der Waals surface area contributed by atoms with Crippen molar-refractivity contribution < 1.29 is 33.5 Å². The van der Waals surface area contributed by atoms with E-state index in [1.807, 2.05) is 0 Å². The number of carbonyl (C=O) groups excluding carboxylic acids is 6. The Morgan fingerprint density at radius 1 is 1.19 bits per heavy atom. The minimum Gasteiger partial charge on any atom is -0.463 e. The summed E-state index contributed by atoms with van der Waals surface area (Å²) < 4.78 is 4.67. The average molecular weight is 439 g/mol. The van der Waals surface area contributed by atoms with Gasteiger partial charge >= 0.3 is 5.97 Å². The summed E-state index contributed by atoms with van der Waals surface area (Å²) in [6, 6.07) is -0.919. The first-order valence-corrected chi connectivity index (χ1v) is 9.74. The first-order chi connectivity index (χ1) is 14.4. The second kappa shape index (κ2) is 11.1. The van der Waals surface area contributed by atoms with Crippen molar-refractivity contribution in [2.75, 3.05) is 19.7 Å². The topological polar surface area (TPSA) is 168 Å². The predicted molar refractivity (Wildman–Crippen MR) is 107 cm³/mol. The van der Waals surface area contributed by atoms with Gasteiger partial charge in [0.25, 0.3) is 11.8 Å². The molecule has 1 aliphatic rings. The number of carbonyl (C=O) groups is 6. The Bertz CT molecular complexity index is 778. The first-order valence-electron chi connectivity index (χ1n) is 9.74. The van der Waals surface area contributed by atoms with E-state index in [2.05, 4.69) is 15.5 Å². The number of amides is 5. The van der Waals surface area contributed by atoms with Gasteiger partial charge in [0.15, 0.2) is 0 Å². The minimum absolute atomic E-state index is 0.111. The Labute approximate surface area is 180 Å². The van der Waals surface area contributed by atoms with E-state index in [0.717, 1.165) is 12.2 Å². The number of nitrogens with one attached hydrogen (secondary N) is 2. The third kappa shape index (κ3) is 7.72. The number of nitrogens with two attached hydrogens (primary N) is 1. The summed E-state index contributed by atoms with van der Waals surface area (Å²) in [6.45, 7) is 5.66. The molecule has 0 saturated carbocycles. The molecule has 0 aliphatic carbocycles. The standard InChI is InChI=1S/C19H29N5O7/c1-5-31-16(28)9-8-15(27)24(11-14(20)26)22-17(29)13-7-6-10-23(13)18(30)19(3,4)21-12(2)25/h8-9,13H,5-7,10-11H2,1-4H3,(H2,20,26)(H,21,25)(H,22,29)/b9-8+/t13-/m0/s1. The maximum atomic E-state index is 12.9. The Kier molecular flexibility index (Phi) is 9.15. The molecule has 5 amide bonds. The largest absolute Gasteiger partial charge is 0.463 e. The van der Waals surface area contributed by atoms with Crippen molar-refractivity contribution in [2.45, 2.75) is 52.1 Å². The van der Waals surface area contributed by atoms with Crippen molar-refractivity contribution in [1.82, 2.24) is 20.7 Å². The van der Waals surface area contributed by atoms with E-state index >= 15 is 0 Å². The molecule has 12 heteroatoms. The molecule has 0 aromatic rings. The lowest BCUT2D eigenvalue weighted by molar-refractivity contribution is -0.148. The third-order valence-corrected chi connectivity index (χ3v) is 4.31. The maximum absolute atomic E-state index is 12.9. The summed E-state index contributed by atoms with van der Waals surface area (Å²) in [6.07, 6.45) is 2.55. The monoisotopic (exact) mass is 439 g/mol. The summed E-state index contributed by atoms with van der Waals surface area (Å²) in [5.74, 6) is -4.11. The molecule has 1 aliphatic heterocycles. The normalized spacial score (nSPS) is 16.0. The zero-order chi connectivity index (χ0) is 23.8. The fourth-order valence-electron chi connectivity index (χ4n) is 3.09. The number of hydrogen-bond donors (Lipinski definition) is 3. The van der Waals surface area contributed by atoms with Gasteiger partial charge in [-0.3, -0.25) is 29.4 Å². The van der Waals surface area contributed by atoms with E-state index in [1.165, 1.54) is 25.7 Å². The molecule has 12 nitrogen and oxygen atoms in total. The Morgan fingerprint density at radius 2 is 1.84 bits per heavy atom. The fraction of sp³-hybridized carbons (Fsp3) is 0.579. The molecule has 1 heterocycles. The van der Waals surface area contributed by atoms with Crippen molar-refractivity contribution in [1.29, 1.82) is 0 Å². The van der Waals surface area contributed by atoms with Gasteiger partial charge in [-0.05, 0) is 33.6 Å². The molecule has 1 saturated heterocycles. The number of likely N-dealkylation sites (tertiary alicyclic amines) is 1. The van der Waals surface area contributed by atoms with Crippen LogP contribution in [-0.4, -0.2) is 76.7 Å². The number of rotatable bonds is 8. The lowest BCUT2D eigenvalue weighted by Gasteiger charge is -2.33.